The van der Waals surface area contributed by atoms with Crippen molar-refractivity contribution in [2.24, 2.45) is 0 Å². The van der Waals surface area contributed by atoms with Crippen molar-refractivity contribution in [3.05, 3.63) is 58.2 Å². The van der Waals surface area contributed by atoms with Crippen molar-refractivity contribution in [3.8, 4) is 0 Å². The lowest BCUT2D eigenvalue weighted by Gasteiger charge is -2.33. The van der Waals surface area contributed by atoms with Gasteiger partial charge in [-0.05, 0) is 49.9 Å². The number of rotatable bonds is 7. The van der Waals surface area contributed by atoms with Crippen molar-refractivity contribution >= 4 is 29.4 Å². The summed E-state index contributed by atoms with van der Waals surface area (Å²) >= 11 is 0.897. The minimum atomic E-state index is -1.39. The topological polar surface area (TPSA) is 41.6 Å². The van der Waals surface area contributed by atoms with Crippen molar-refractivity contribution < 1.29 is 27.1 Å². The Balaban J connectivity index is 1.79. The molecule has 0 fully saturated rings. The van der Waals surface area contributed by atoms with Crippen LogP contribution in [-0.2, 0) is 10.5 Å². The molecule has 30 heavy (non-hydrogen) atoms. The highest BCUT2D eigenvalue weighted by atomic mass is 32.2. The number of benzene rings is 2. The van der Waals surface area contributed by atoms with Crippen LogP contribution < -0.4 is 9.62 Å². The Morgan fingerprint density at radius 2 is 1.77 bits per heavy atom. The highest BCUT2D eigenvalue weighted by Gasteiger charge is 2.31. The molecule has 1 aliphatic rings. The van der Waals surface area contributed by atoms with Gasteiger partial charge in [-0.1, -0.05) is 13.8 Å². The molecule has 0 saturated carbocycles. The number of hydrogen-bond acceptors (Lipinski definition) is 4. The number of nitrogens with one attached hydrogen (secondary N) is 1. The fourth-order valence-corrected chi connectivity index (χ4v) is 4.08. The highest BCUT2D eigenvalue weighted by molar-refractivity contribution is 7.99. The molecule has 0 spiro atoms. The van der Waals surface area contributed by atoms with Gasteiger partial charge in [-0.25, -0.2) is 22.4 Å². The predicted molar refractivity (Wildman–Crippen MR) is 110 cm³/mol. The molecule has 162 valence electrons. The molecule has 0 radical (unpaired) electrons. The molecule has 2 aromatic rings. The molecular formula is C21H22F4N2O2S. The summed E-state index contributed by atoms with van der Waals surface area (Å²) in [5, 5.41) is 0. The highest BCUT2D eigenvalue weighted by Crippen LogP contribution is 2.38. The molecule has 1 aliphatic heterocycles. The third-order valence-corrected chi connectivity index (χ3v) is 5.74. The first kappa shape index (κ1) is 22.3. The lowest BCUT2D eigenvalue weighted by Crippen LogP contribution is -2.38. The Hall–Kier alpha value is -2.42. The summed E-state index contributed by atoms with van der Waals surface area (Å²) in [4.78, 5) is 13.8. The van der Waals surface area contributed by atoms with Crippen LogP contribution in [0.4, 0.5) is 33.7 Å². The van der Waals surface area contributed by atoms with E-state index in [0.29, 0.717) is 18.7 Å². The summed E-state index contributed by atoms with van der Waals surface area (Å²) in [6.07, 6.45) is 0.568. The zero-order valence-electron chi connectivity index (χ0n) is 16.8. The number of carbonyl (C=O) groups is 1. The van der Waals surface area contributed by atoms with E-state index in [9.17, 15) is 22.4 Å². The third-order valence-electron chi connectivity index (χ3n) is 4.93. The first-order valence-corrected chi connectivity index (χ1v) is 10.6. The van der Waals surface area contributed by atoms with Crippen molar-refractivity contribution in [1.29, 1.82) is 0 Å². The zero-order valence-corrected chi connectivity index (χ0v) is 17.6. The molecular weight excluding hydrogens is 420 g/mol. The van der Waals surface area contributed by atoms with Crippen LogP contribution in [0.15, 0.2) is 18.2 Å². The molecule has 3 rings (SSSR count). The fourth-order valence-electron chi connectivity index (χ4n) is 3.31. The van der Waals surface area contributed by atoms with Gasteiger partial charge in [0, 0.05) is 34.7 Å². The lowest BCUT2D eigenvalue weighted by atomic mass is 10.0. The first-order chi connectivity index (χ1) is 14.3. The molecule has 0 aromatic heterocycles. The maximum Gasteiger partial charge on any atom is 0.414 e. The van der Waals surface area contributed by atoms with Crippen molar-refractivity contribution in [1.82, 2.24) is 0 Å². The Morgan fingerprint density at radius 3 is 2.37 bits per heavy atom. The molecule has 1 heterocycles. The number of nitrogens with zero attached hydrogens (tertiary/aromatic N) is 1. The number of amides is 1. The van der Waals surface area contributed by atoms with E-state index >= 15 is 0 Å². The average Bonchev–Trinajstić information content (AvgIpc) is 2.75. The second kappa shape index (κ2) is 9.16. The largest absolute Gasteiger partial charge is 0.441 e. The van der Waals surface area contributed by atoms with Gasteiger partial charge in [0.15, 0.2) is 23.3 Å². The van der Waals surface area contributed by atoms with Crippen LogP contribution in [0.25, 0.3) is 0 Å². The first-order valence-electron chi connectivity index (χ1n) is 9.61. The molecule has 1 N–H and O–H groups in total. The van der Waals surface area contributed by atoms with E-state index < -0.39 is 40.5 Å². The van der Waals surface area contributed by atoms with Gasteiger partial charge in [-0.2, -0.15) is 0 Å². The molecule has 0 saturated heterocycles. The molecule has 1 amide bonds. The number of fused-ring (bicyclic) bond motifs is 1. The van der Waals surface area contributed by atoms with E-state index in [-0.39, 0.29) is 11.8 Å². The summed E-state index contributed by atoms with van der Waals surface area (Å²) in [6, 6.07) is 5.31. The maximum absolute atomic E-state index is 14.0. The maximum atomic E-state index is 14.0. The Kier molecular flexibility index (Phi) is 6.80. The number of carbonyl (C=O) groups excluding carboxylic acids is 1. The molecule has 4 nitrogen and oxygen atoms in total. The fraction of sp³-hybridized carbons (Fsp3) is 0.381. The van der Waals surface area contributed by atoms with Crippen molar-refractivity contribution in [2.45, 2.75) is 45.5 Å². The van der Waals surface area contributed by atoms with Crippen molar-refractivity contribution in [2.75, 3.05) is 16.2 Å². The number of halogens is 4. The molecule has 0 aliphatic carbocycles. The van der Waals surface area contributed by atoms with Crippen LogP contribution in [0.1, 0.15) is 49.5 Å². The average molecular weight is 442 g/mol. The number of ether oxygens (including phenoxy) is 1. The van der Waals surface area contributed by atoms with E-state index in [2.05, 4.69) is 4.72 Å². The van der Waals surface area contributed by atoms with Gasteiger partial charge < -0.3 is 9.46 Å². The summed E-state index contributed by atoms with van der Waals surface area (Å²) in [5.41, 5.74) is 0.843. The van der Waals surface area contributed by atoms with Crippen LogP contribution in [0.5, 0.6) is 0 Å². The van der Waals surface area contributed by atoms with Gasteiger partial charge in [0.2, 0.25) is 0 Å². The van der Waals surface area contributed by atoms with Crippen LogP contribution in [0.2, 0.25) is 0 Å². The van der Waals surface area contributed by atoms with Crippen LogP contribution in [-0.4, -0.2) is 12.6 Å². The van der Waals surface area contributed by atoms with Gasteiger partial charge in [0.1, 0.15) is 6.10 Å². The molecule has 1 atom stereocenters. The van der Waals surface area contributed by atoms with Crippen LogP contribution in [0, 0.1) is 30.2 Å². The molecule has 9 heteroatoms. The second-order valence-electron chi connectivity index (χ2n) is 6.96. The smallest absolute Gasteiger partial charge is 0.414 e. The van der Waals surface area contributed by atoms with Crippen LogP contribution in [0.3, 0.4) is 0 Å². The lowest BCUT2D eigenvalue weighted by molar-refractivity contribution is 0.0954. The van der Waals surface area contributed by atoms with Gasteiger partial charge >= 0.3 is 6.09 Å². The minimum absolute atomic E-state index is 0.322. The third kappa shape index (κ3) is 4.08. The van der Waals surface area contributed by atoms with Gasteiger partial charge in [0.25, 0.3) is 0 Å². The standard InChI is InChI=1S/C21H22F4N2O2S/c1-4-8-27-15-7-6-12(9-13(15)16(5-2)29-21(27)28)26-30-10-14-19(24)17(22)11(3)18(23)20(14)25/h6-7,9,16,26H,4-5,8,10H2,1-3H3. The van der Waals surface area contributed by atoms with Crippen LogP contribution >= 0.6 is 11.9 Å². The Morgan fingerprint density at radius 1 is 1.10 bits per heavy atom. The van der Waals surface area contributed by atoms with Gasteiger partial charge in [-0.3, -0.25) is 4.90 Å². The zero-order chi connectivity index (χ0) is 22.0. The Labute approximate surface area is 176 Å². The molecule has 2 aromatic carbocycles. The van der Waals surface area contributed by atoms with E-state index in [0.717, 1.165) is 36.5 Å². The monoisotopic (exact) mass is 442 g/mol. The minimum Gasteiger partial charge on any atom is -0.441 e. The SMILES string of the molecule is CCCN1C(=O)OC(CC)c2cc(NSCc3c(F)c(F)c(C)c(F)c3F)ccc21. The quantitative estimate of drug-likeness (QED) is 0.297. The van der Waals surface area contributed by atoms with Gasteiger partial charge in [-0.15, -0.1) is 0 Å². The number of hydrogen-bond donors (Lipinski definition) is 1. The van der Waals surface area contributed by atoms with E-state index in [1.165, 1.54) is 0 Å². The summed E-state index contributed by atoms with van der Waals surface area (Å²) in [5.74, 6) is -5.88. The summed E-state index contributed by atoms with van der Waals surface area (Å²) < 4.78 is 63.9. The van der Waals surface area contributed by atoms with Crippen molar-refractivity contribution in [3.63, 3.8) is 0 Å². The predicted octanol–water partition coefficient (Wildman–Crippen LogP) is 6.63. The van der Waals surface area contributed by atoms with Gasteiger partial charge in [0.05, 0.1) is 5.69 Å². The summed E-state index contributed by atoms with van der Waals surface area (Å²) in [6.45, 7) is 5.36. The second-order valence-corrected chi connectivity index (χ2v) is 7.74. The normalized spacial score (nSPS) is 15.8. The molecule has 1 unspecified atom stereocenters. The van der Waals surface area contributed by atoms with E-state index in [4.69, 9.17) is 4.74 Å². The van der Waals surface area contributed by atoms with E-state index in [1.807, 2.05) is 13.8 Å². The molecule has 0 bridgehead atoms. The summed E-state index contributed by atoms with van der Waals surface area (Å²) in [7, 11) is 0. The Bertz CT molecular complexity index is 942. The number of anilines is 2. The van der Waals surface area contributed by atoms with E-state index in [1.54, 1.807) is 23.1 Å². The number of cyclic esters (lactones) is 1.